The van der Waals surface area contributed by atoms with Crippen LogP contribution in [0.4, 0.5) is 4.79 Å². The molecule has 0 atom stereocenters. The standard InChI is InChI=1S/C25H22N2O4/c1-27-15-12-19-21(23(27)28)20(16-6-3-2-4-7-16)22(31-19)17-8-10-18(11-9-17)25(13-5-14-25)26-24(29)30/h2-4,6-12,15,26H,5,13-14H2,1H3,(H,29,30). The molecule has 0 radical (unpaired) electrons. The Bertz CT molecular complexity index is 1330. The van der Waals surface area contributed by atoms with E-state index in [0.29, 0.717) is 16.7 Å². The first-order chi connectivity index (χ1) is 15.0. The second-order valence-corrected chi connectivity index (χ2v) is 8.09. The first-order valence-electron chi connectivity index (χ1n) is 10.3. The molecule has 0 aliphatic heterocycles. The largest absolute Gasteiger partial charge is 0.465 e. The van der Waals surface area contributed by atoms with Gasteiger partial charge in [0.25, 0.3) is 5.56 Å². The summed E-state index contributed by atoms with van der Waals surface area (Å²) in [6, 6.07) is 19.3. The third-order valence-corrected chi connectivity index (χ3v) is 6.23. The van der Waals surface area contributed by atoms with Gasteiger partial charge in [-0.15, -0.1) is 0 Å². The number of nitrogens with one attached hydrogen (secondary N) is 1. The zero-order valence-electron chi connectivity index (χ0n) is 17.1. The minimum absolute atomic E-state index is 0.109. The lowest BCUT2D eigenvalue weighted by atomic mass is 9.72. The molecular formula is C25H22N2O4. The quantitative estimate of drug-likeness (QED) is 0.486. The van der Waals surface area contributed by atoms with Crippen LogP contribution >= 0.6 is 0 Å². The number of rotatable bonds is 4. The second kappa shape index (κ2) is 7.16. The molecule has 1 aliphatic rings. The van der Waals surface area contributed by atoms with E-state index in [0.717, 1.165) is 41.5 Å². The maximum Gasteiger partial charge on any atom is 0.405 e. The molecular weight excluding hydrogens is 392 g/mol. The van der Waals surface area contributed by atoms with Crippen LogP contribution in [0.3, 0.4) is 0 Å². The Morgan fingerprint density at radius 3 is 2.35 bits per heavy atom. The third kappa shape index (κ3) is 3.11. The summed E-state index contributed by atoms with van der Waals surface area (Å²) in [5.74, 6) is 0.630. The Balaban J connectivity index is 1.67. The summed E-state index contributed by atoms with van der Waals surface area (Å²) in [6.07, 6.45) is 3.26. The van der Waals surface area contributed by atoms with Crippen molar-refractivity contribution in [2.24, 2.45) is 7.05 Å². The van der Waals surface area contributed by atoms with Crippen molar-refractivity contribution >= 4 is 17.1 Å². The molecule has 1 aliphatic carbocycles. The fraction of sp³-hybridized carbons (Fsp3) is 0.200. The van der Waals surface area contributed by atoms with E-state index < -0.39 is 11.6 Å². The molecule has 2 aromatic carbocycles. The highest BCUT2D eigenvalue weighted by Gasteiger charge is 2.40. The number of furan rings is 1. The fourth-order valence-electron chi connectivity index (χ4n) is 4.45. The van der Waals surface area contributed by atoms with E-state index in [1.807, 2.05) is 54.6 Å². The molecule has 2 N–H and O–H groups in total. The van der Waals surface area contributed by atoms with E-state index in [1.54, 1.807) is 23.9 Å². The maximum atomic E-state index is 12.9. The first kappa shape index (κ1) is 19.2. The molecule has 2 aromatic heterocycles. The molecule has 1 fully saturated rings. The number of aromatic nitrogens is 1. The zero-order valence-corrected chi connectivity index (χ0v) is 17.1. The normalized spacial score (nSPS) is 14.9. The molecule has 0 spiro atoms. The average Bonchev–Trinajstić information content (AvgIpc) is 3.14. The van der Waals surface area contributed by atoms with Crippen molar-refractivity contribution in [3.05, 3.63) is 82.8 Å². The molecule has 156 valence electrons. The Morgan fingerprint density at radius 2 is 1.74 bits per heavy atom. The van der Waals surface area contributed by atoms with Gasteiger partial charge in [-0.25, -0.2) is 4.79 Å². The van der Waals surface area contributed by atoms with E-state index in [4.69, 9.17) is 4.42 Å². The van der Waals surface area contributed by atoms with Crippen molar-refractivity contribution < 1.29 is 14.3 Å². The van der Waals surface area contributed by atoms with Gasteiger partial charge < -0.3 is 19.4 Å². The zero-order chi connectivity index (χ0) is 21.6. The highest BCUT2D eigenvalue weighted by Crippen LogP contribution is 2.43. The molecule has 0 unspecified atom stereocenters. The number of benzene rings is 2. The Morgan fingerprint density at radius 1 is 1.03 bits per heavy atom. The van der Waals surface area contributed by atoms with Crippen molar-refractivity contribution in [2.75, 3.05) is 0 Å². The summed E-state index contributed by atoms with van der Waals surface area (Å²) < 4.78 is 7.73. The van der Waals surface area contributed by atoms with Crippen LogP contribution in [0, 0.1) is 0 Å². The number of hydrogen-bond acceptors (Lipinski definition) is 3. The van der Waals surface area contributed by atoms with Gasteiger partial charge in [-0.2, -0.15) is 0 Å². The molecule has 0 bridgehead atoms. The number of amides is 1. The van der Waals surface area contributed by atoms with Crippen LogP contribution in [0.25, 0.3) is 33.4 Å². The van der Waals surface area contributed by atoms with Crippen LogP contribution < -0.4 is 10.9 Å². The fourth-order valence-corrected chi connectivity index (χ4v) is 4.45. The van der Waals surface area contributed by atoms with Crippen molar-refractivity contribution in [3.63, 3.8) is 0 Å². The molecule has 6 nitrogen and oxygen atoms in total. The molecule has 0 saturated heterocycles. The van der Waals surface area contributed by atoms with Crippen LogP contribution in [0.5, 0.6) is 0 Å². The van der Waals surface area contributed by atoms with Gasteiger partial charge in [0.15, 0.2) is 0 Å². The Hall–Kier alpha value is -3.80. The molecule has 31 heavy (non-hydrogen) atoms. The summed E-state index contributed by atoms with van der Waals surface area (Å²) in [4.78, 5) is 24.2. The van der Waals surface area contributed by atoms with Gasteiger partial charge in [0.05, 0.1) is 10.9 Å². The monoisotopic (exact) mass is 414 g/mol. The number of carbonyl (C=O) groups is 1. The lowest BCUT2D eigenvalue weighted by Crippen LogP contribution is -2.50. The SMILES string of the molecule is Cn1ccc2oc(-c3ccc(C4(NC(=O)O)CCC4)cc3)c(-c3ccccc3)c2c1=O. The minimum Gasteiger partial charge on any atom is -0.465 e. The van der Waals surface area contributed by atoms with Crippen LogP contribution in [0.15, 0.2) is 76.1 Å². The van der Waals surface area contributed by atoms with Crippen molar-refractivity contribution in [3.8, 4) is 22.5 Å². The smallest absolute Gasteiger partial charge is 0.405 e. The summed E-state index contributed by atoms with van der Waals surface area (Å²) in [7, 11) is 1.73. The first-order valence-corrected chi connectivity index (χ1v) is 10.3. The predicted octanol–water partition coefficient (Wildman–Crippen LogP) is 5.11. The predicted molar refractivity (Wildman–Crippen MR) is 119 cm³/mol. The second-order valence-electron chi connectivity index (χ2n) is 8.09. The molecule has 5 rings (SSSR count). The third-order valence-electron chi connectivity index (χ3n) is 6.23. The topological polar surface area (TPSA) is 84.5 Å². The summed E-state index contributed by atoms with van der Waals surface area (Å²) in [5, 5.41) is 12.5. The van der Waals surface area contributed by atoms with Crippen molar-refractivity contribution in [2.45, 2.75) is 24.8 Å². The Labute approximate surface area is 178 Å². The number of pyridine rings is 1. The van der Waals surface area contributed by atoms with Gasteiger partial charge in [-0.1, -0.05) is 54.6 Å². The van der Waals surface area contributed by atoms with E-state index in [-0.39, 0.29) is 5.56 Å². The van der Waals surface area contributed by atoms with Crippen LogP contribution in [-0.2, 0) is 12.6 Å². The molecule has 1 saturated carbocycles. The molecule has 2 heterocycles. The maximum absolute atomic E-state index is 12.9. The average molecular weight is 414 g/mol. The summed E-state index contributed by atoms with van der Waals surface area (Å²) in [6.45, 7) is 0. The molecule has 1 amide bonds. The number of carboxylic acid groups (broad SMARTS) is 1. The van der Waals surface area contributed by atoms with Gasteiger partial charge in [0, 0.05) is 24.4 Å². The minimum atomic E-state index is -1.01. The van der Waals surface area contributed by atoms with Crippen LogP contribution in [0.1, 0.15) is 24.8 Å². The number of fused-ring (bicyclic) bond motifs is 1. The molecule has 6 heteroatoms. The van der Waals surface area contributed by atoms with Gasteiger partial charge in [0.1, 0.15) is 11.3 Å². The van der Waals surface area contributed by atoms with Gasteiger partial charge in [0.2, 0.25) is 0 Å². The van der Waals surface area contributed by atoms with Gasteiger partial charge in [-0.05, 0) is 36.5 Å². The molecule has 4 aromatic rings. The highest BCUT2D eigenvalue weighted by molar-refractivity contribution is 6.01. The number of hydrogen-bond donors (Lipinski definition) is 2. The van der Waals surface area contributed by atoms with E-state index >= 15 is 0 Å². The van der Waals surface area contributed by atoms with Gasteiger partial charge in [-0.3, -0.25) is 4.79 Å². The lowest BCUT2D eigenvalue weighted by molar-refractivity contribution is 0.144. The van der Waals surface area contributed by atoms with E-state index in [1.165, 1.54) is 0 Å². The Kier molecular flexibility index (Phi) is 4.43. The van der Waals surface area contributed by atoms with E-state index in [9.17, 15) is 14.7 Å². The number of aryl methyl sites for hydroxylation is 1. The highest BCUT2D eigenvalue weighted by atomic mass is 16.4. The van der Waals surface area contributed by atoms with E-state index in [2.05, 4.69) is 5.32 Å². The van der Waals surface area contributed by atoms with Crippen LogP contribution in [0.2, 0.25) is 0 Å². The van der Waals surface area contributed by atoms with Gasteiger partial charge >= 0.3 is 6.09 Å². The summed E-state index contributed by atoms with van der Waals surface area (Å²) >= 11 is 0. The van der Waals surface area contributed by atoms with Crippen molar-refractivity contribution in [1.29, 1.82) is 0 Å². The summed E-state index contributed by atoms with van der Waals surface area (Å²) in [5.41, 5.74) is 3.38. The van der Waals surface area contributed by atoms with Crippen molar-refractivity contribution in [1.82, 2.24) is 9.88 Å². The number of nitrogens with zero attached hydrogens (tertiary/aromatic N) is 1. The van der Waals surface area contributed by atoms with Crippen LogP contribution in [-0.4, -0.2) is 15.8 Å². The lowest BCUT2D eigenvalue weighted by Gasteiger charge is -2.42.